The van der Waals surface area contributed by atoms with Gasteiger partial charge in [-0.3, -0.25) is 0 Å². The van der Waals surface area contributed by atoms with Gasteiger partial charge in [0.2, 0.25) is 0 Å². The Balaban J connectivity index is 2.14. The van der Waals surface area contributed by atoms with Crippen molar-refractivity contribution < 1.29 is 8.78 Å². The molecule has 2 nitrogen and oxygen atoms in total. The van der Waals surface area contributed by atoms with Crippen molar-refractivity contribution in [3.8, 4) is 0 Å². The molecule has 0 unspecified atom stereocenters. The molecular weight excluding hydrogens is 210 g/mol. The van der Waals surface area contributed by atoms with Gasteiger partial charge in [-0.15, -0.1) is 0 Å². The van der Waals surface area contributed by atoms with Gasteiger partial charge in [-0.1, -0.05) is 0 Å². The number of halogens is 2. The van der Waals surface area contributed by atoms with E-state index in [4.69, 9.17) is 5.73 Å². The second-order valence-corrected chi connectivity index (χ2v) is 4.66. The maximum absolute atomic E-state index is 13.5. The molecule has 0 saturated heterocycles. The summed E-state index contributed by atoms with van der Waals surface area (Å²) in [4.78, 5) is 1.75. The van der Waals surface area contributed by atoms with Gasteiger partial charge >= 0.3 is 0 Å². The number of anilines is 1. The van der Waals surface area contributed by atoms with Crippen molar-refractivity contribution in [3.63, 3.8) is 0 Å². The molecular formula is C12H16F2N2. The Morgan fingerprint density at radius 3 is 2.62 bits per heavy atom. The van der Waals surface area contributed by atoms with Crippen LogP contribution < -0.4 is 10.6 Å². The van der Waals surface area contributed by atoms with Crippen molar-refractivity contribution in [2.45, 2.75) is 12.8 Å². The minimum Gasteiger partial charge on any atom is -0.372 e. The van der Waals surface area contributed by atoms with Crippen LogP contribution in [-0.2, 0) is 0 Å². The Hall–Kier alpha value is -1.16. The lowest BCUT2D eigenvalue weighted by Crippen LogP contribution is -2.32. The highest BCUT2D eigenvalue weighted by atomic mass is 19.1. The molecule has 1 aromatic rings. The van der Waals surface area contributed by atoms with Crippen molar-refractivity contribution >= 4 is 5.69 Å². The molecule has 0 bridgehead atoms. The summed E-state index contributed by atoms with van der Waals surface area (Å²) in [6.45, 7) is 1.29. The zero-order valence-electron chi connectivity index (χ0n) is 9.34. The van der Waals surface area contributed by atoms with Gasteiger partial charge in [0.1, 0.15) is 11.6 Å². The fourth-order valence-electron chi connectivity index (χ4n) is 1.97. The highest BCUT2D eigenvalue weighted by molar-refractivity contribution is 5.47. The summed E-state index contributed by atoms with van der Waals surface area (Å²) in [6, 6.07) is 3.51. The maximum Gasteiger partial charge on any atom is 0.146 e. The Morgan fingerprint density at radius 1 is 1.38 bits per heavy atom. The van der Waals surface area contributed by atoms with Crippen LogP contribution in [0.4, 0.5) is 14.5 Å². The van der Waals surface area contributed by atoms with Gasteiger partial charge < -0.3 is 10.6 Å². The predicted molar refractivity (Wildman–Crippen MR) is 60.3 cm³/mol. The monoisotopic (exact) mass is 226 g/mol. The van der Waals surface area contributed by atoms with Crippen molar-refractivity contribution in [2.75, 3.05) is 25.0 Å². The Bertz CT molecular complexity index is 389. The van der Waals surface area contributed by atoms with E-state index in [1.807, 2.05) is 0 Å². The van der Waals surface area contributed by atoms with E-state index in [1.54, 1.807) is 11.9 Å². The molecule has 4 heteroatoms. The van der Waals surface area contributed by atoms with Crippen molar-refractivity contribution in [2.24, 2.45) is 11.1 Å². The summed E-state index contributed by atoms with van der Waals surface area (Å²) < 4.78 is 26.5. The second kappa shape index (κ2) is 4.01. The summed E-state index contributed by atoms with van der Waals surface area (Å²) in [6.07, 6.45) is 2.15. The molecule has 0 radical (unpaired) electrons. The molecule has 0 atom stereocenters. The van der Waals surface area contributed by atoms with Crippen LogP contribution in [-0.4, -0.2) is 20.1 Å². The summed E-state index contributed by atoms with van der Waals surface area (Å²) >= 11 is 0. The van der Waals surface area contributed by atoms with Gasteiger partial charge in [0, 0.05) is 25.1 Å². The quantitative estimate of drug-likeness (QED) is 0.852. The molecule has 0 aromatic heterocycles. The molecule has 0 aliphatic heterocycles. The third-order valence-corrected chi connectivity index (χ3v) is 3.28. The summed E-state index contributed by atoms with van der Waals surface area (Å²) in [5, 5.41) is 0. The van der Waals surface area contributed by atoms with Gasteiger partial charge in [-0.25, -0.2) is 8.78 Å². The van der Waals surface area contributed by atoms with Crippen molar-refractivity contribution in [1.29, 1.82) is 0 Å². The Kier molecular flexibility index (Phi) is 2.84. The SMILES string of the molecule is CN(CC1(CN)CC1)c1cc(F)ccc1F. The lowest BCUT2D eigenvalue weighted by atomic mass is 10.1. The van der Waals surface area contributed by atoms with Crippen LogP contribution in [0.3, 0.4) is 0 Å². The molecule has 1 saturated carbocycles. The van der Waals surface area contributed by atoms with Gasteiger partial charge in [-0.05, 0) is 31.5 Å². The molecule has 2 N–H and O–H groups in total. The van der Waals surface area contributed by atoms with Crippen molar-refractivity contribution in [1.82, 2.24) is 0 Å². The Morgan fingerprint density at radius 2 is 2.06 bits per heavy atom. The molecule has 2 rings (SSSR count). The van der Waals surface area contributed by atoms with E-state index in [0.29, 0.717) is 18.8 Å². The van der Waals surface area contributed by atoms with Crippen LogP contribution in [0.5, 0.6) is 0 Å². The molecule has 88 valence electrons. The average Bonchev–Trinajstić information content (AvgIpc) is 3.02. The standard InChI is InChI=1S/C12H16F2N2/c1-16(8-12(7-15)4-5-12)11-6-9(13)2-3-10(11)14/h2-3,6H,4-5,7-8,15H2,1H3. The van der Waals surface area contributed by atoms with Crippen LogP contribution in [0.25, 0.3) is 0 Å². The van der Waals surface area contributed by atoms with Crippen LogP contribution in [0.1, 0.15) is 12.8 Å². The molecule has 16 heavy (non-hydrogen) atoms. The first-order valence-electron chi connectivity index (χ1n) is 5.43. The summed E-state index contributed by atoms with van der Waals surface area (Å²) in [5.74, 6) is -0.808. The first kappa shape index (κ1) is 11.3. The average molecular weight is 226 g/mol. The highest BCUT2D eigenvalue weighted by Crippen LogP contribution is 2.45. The number of nitrogens with two attached hydrogens (primary N) is 1. The topological polar surface area (TPSA) is 29.3 Å². The van der Waals surface area contributed by atoms with E-state index in [2.05, 4.69) is 0 Å². The van der Waals surface area contributed by atoms with Crippen LogP contribution in [0, 0.1) is 17.0 Å². The van der Waals surface area contributed by atoms with Gasteiger partial charge in [0.05, 0.1) is 5.69 Å². The lowest BCUT2D eigenvalue weighted by molar-refractivity contribution is 0.515. The third kappa shape index (κ3) is 2.16. The fraction of sp³-hybridized carbons (Fsp3) is 0.500. The first-order chi connectivity index (χ1) is 7.56. The molecule has 1 fully saturated rings. The van der Waals surface area contributed by atoms with Gasteiger partial charge in [0.15, 0.2) is 0 Å². The minimum atomic E-state index is -0.416. The molecule has 1 aliphatic carbocycles. The summed E-state index contributed by atoms with van der Waals surface area (Å²) in [5.41, 5.74) is 6.09. The largest absolute Gasteiger partial charge is 0.372 e. The van der Waals surface area contributed by atoms with Gasteiger partial charge in [-0.2, -0.15) is 0 Å². The number of rotatable bonds is 4. The Labute approximate surface area is 94.0 Å². The number of nitrogens with zero attached hydrogens (tertiary/aromatic N) is 1. The number of benzene rings is 1. The van der Waals surface area contributed by atoms with E-state index in [0.717, 1.165) is 25.0 Å². The molecule has 0 heterocycles. The number of hydrogen-bond donors (Lipinski definition) is 1. The highest BCUT2D eigenvalue weighted by Gasteiger charge is 2.42. The zero-order chi connectivity index (χ0) is 11.8. The zero-order valence-corrected chi connectivity index (χ0v) is 9.34. The van der Waals surface area contributed by atoms with Crippen LogP contribution >= 0.6 is 0 Å². The van der Waals surface area contributed by atoms with Crippen LogP contribution in [0.15, 0.2) is 18.2 Å². The number of hydrogen-bond acceptors (Lipinski definition) is 2. The first-order valence-corrected chi connectivity index (χ1v) is 5.43. The normalized spacial score (nSPS) is 17.2. The van der Waals surface area contributed by atoms with E-state index >= 15 is 0 Å². The fourth-order valence-corrected chi connectivity index (χ4v) is 1.97. The van der Waals surface area contributed by atoms with Crippen molar-refractivity contribution in [3.05, 3.63) is 29.8 Å². The predicted octanol–water partition coefficient (Wildman–Crippen LogP) is 2.14. The maximum atomic E-state index is 13.5. The van der Waals surface area contributed by atoms with E-state index < -0.39 is 11.6 Å². The molecule has 0 amide bonds. The van der Waals surface area contributed by atoms with Crippen LogP contribution in [0.2, 0.25) is 0 Å². The van der Waals surface area contributed by atoms with E-state index in [-0.39, 0.29) is 5.41 Å². The second-order valence-electron chi connectivity index (χ2n) is 4.66. The molecule has 1 aromatic carbocycles. The van der Waals surface area contributed by atoms with Gasteiger partial charge in [0.25, 0.3) is 0 Å². The third-order valence-electron chi connectivity index (χ3n) is 3.28. The molecule has 0 spiro atoms. The smallest absolute Gasteiger partial charge is 0.146 e. The van der Waals surface area contributed by atoms with E-state index in [9.17, 15) is 8.78 Å². The lowest BCUT2D eigenvalue weighted by Gasteiger charge is -2.25. The van der Waals surface area contributed by atoms with E-state index in [1.165, 1.54) is 6.07 Å². The summed E-state index contributed by atoms with van der Waals surface area (Å²) in [7, 11) is 1.77. The molecule has 1 aliphatic rings. The minimum absolute atomic E-state index is 0.119.